The highest BCUT2D eigenvalue weighted by Crippen LogP contribution is 2.20. The van der Waals surface area contributed by atoms with Gasteiger partial charge in [0.25, 0.3) is 0 Å². The number of nitrogens with one attached hydrogen (secondary N) is 2. The van der Waals surface area contributed by atoms with Crippen molar-refractivity contribution >= 4 is 6.03 Å². The number of hydrogen-bond acceptors (Lipinski definition) is 3. The average Bonchev–Trinajstić information content (AvgIpc) is 2.42. The second-order valence-corrected chi connectivity index (χ2v) is 4.32. The van der Waals surface area contributed by atoms with E-state index in [1.807, 2.05) is 0 Å². The van der Waals surface area contributed by atoms with Crippen molar-refractivity contribution in [2.75, 3.05) is 19.8 Å². The normalized spacial score (nSPS) is 12.6. The summed E-state index contributed by atoms with van der Waals surface area (Å²) in [5.74, 6) is 0.105. The lowest BCUT2D eigenvalue weighted by Crippen LogP contribution is -2.38. The van der Waals surface area contributed by atoms with Gasteiger partial charge in [0.15, 0.2) is 6.61 Å². The molecular formula is C13H17F3N2O3. The van der Waals surface area contributed by atoms with Crippen LogP contribution in [0.15, 0.2) is 24.3 Å². The van der Waals surface area contributed by atoms with E-state index < -0.39 is 18.8 Å². The molecule has 0 heterocycles. The molecule has 1 unspecified atom stereocenters. The van der Waals surface area contributed by atoms with Crippen LogP contribution in [-0.4, -0.2) is 37.1 Å². The molecule has 8 heteroatoms. The fourth-order valence-corrected chi connectivity index (χ4v) is 1.52. The highest BCUT2D eigenvalue weighted by Gasteiger charge is 2.28. The molecule has 0 aliphatic carbocycles. The van der Waals surface area contributed by atoms with Crippen LogP contribution >= 0.6 is 0 Å². The van der Waals surface area contributed by atoms with E-state index in [1.54, 1.807) is 19.1 Å². The maximum Gasteiger partial charge on any atom is 0.422 e. The number of benzene rings is 1. The highest BCUT2D eigenvalue weighted by atomic mass is 19.4. The van der Waals surface area contributed by atoms with Crippen molar-refractivity contribution in [2.45, 2.75) is 19.1 Å². The van der Waals surface area contributed by atoms with Gasteiger partial charge in [0.2, 0.25) is 0 Å². The van der Waals surface area contributed by atoms with Crippen molar-refractivity contribution in [3.8, 4) is 5.75 Å². The molecular weight excluding hydrogens is 289 g/mol. The van der Waals surface area contributed by atoms with Gasteiger partial charge in [-0.2, -0.15) is 13.2 Å². The van der Waals surface area contributed by atoms with Gasteiger partial charge in [-0.15, -0.1) is 0 Å². The van der Waals surface area contributed by atoms with E-state index in [2.05, 4.69) is 15.4 Å². The van der Waals surface area contributed by atoms with Crippen molar-refractivity contribution in [1.82, 2.24) is 10.6 Å². The molecule has 0 fully saturated rings. The molecule has 0 saturated carbocycles. The van der Waals surface area contributed by atoms with Gasteiger partial charge in [-0.25, -0.2) is 4.79 Å². The Labute approximate surface area is 120 Å². The Kier molecular flexibility index (Phi) is 6.29. The second kappa shape index (κ2) is 7.72. The summed E-state index contributed by atoms with van der Waals surface area (Å²) in [4.78, 5) is 11.4. The minimum Gasteiger partial charge on any atom is -0.484 e. The number of carbonyl (C=O) groups excluding carboxylic acids is 1. The van der Waals surface area contributed by atoms with Crippen LogP contribution in [0.25, 0.3) is 0 Å². The Balaban J connectivity index is 2.51. The second-order valence-electron chi connectivity index (χ2n) is 4.32. The zero-order chi connectivity index (χ0) is 15.9. The van der Waals surface area contributed by atoms with Gasteiger partial charge < -0.3 is 20.5 Å². The predicted octanol–water partition coefficient (Wildman–Crippen LogP) is 1.98. The topological polar surface area (TPSA) is 70.6 Å². The number of amides is 2. The molecule has 0 saturated heterocycles. The third-order valence-corrected chi connectivity index (χ3v) is 2.53. The number of halogens is 3. The first-order valence-electron chi connectivity index (χ1n) is 6.26. The Morgan fingerprint density at radius 3 is 2.48 bits per heavy atom. The van der Waals surface area contributed by atoms with Crippen LogP contribution in [0.5, 0.6) is 5.75 Å². The maximum atomic E-state index is 12.0. The fraction of sp³-hybridized carbons (Fsp3) is 0.462. The van der Waals surface area contributed by atoms with Gasteiger partial charge in [0, 0.05) is 6.54 Å². The van der Waals surface area contributed by atoms with E-state index in [-0.39, 0.29) is 24.9 Å². The number of aliphatic hydroxyl groups is 1. The Hall–Kier alpha value is -1.96. The number of rotatable bonds is 6. The minimum atomic E-state index is -4.38. The molecule has 1 aromatic rings. The summed E-state index contributed by atoms with van der Waals surface area (Å²) in [6.45, 7) is 0.365. The fourth-order valence-electron chi connectivity index (χ4n) is 1.52. The lowest BCUT2D eigenvalue weighted by atomic mass is 10.1. The first-order chi connectivity index (χ1) is 9.81. The first-order valence-corrected chi connectivity index (χ1v) is 6.26. The van der Waals surface area contributed by atoms with E-state index in [9.17, 15) is 18.0 Å². The third kappa shape index (κ3) is 6.84. The molecule has 0 spiro atoms. The van der Waals surface area contributed by atoms with Gasteiger partial charge in [-0.1, -0.05) is 12.1 Å². The largest absolute Gasteiger partial charge is 0.484 e. The van der Waals surface area contributed by atoms with Crippen LogP contribution in [0.3, 0.4) is 0 Å². The number of hydrogen-bond donors (Lipinski definition) is 3. The zero-order valence-electron chi connectivity index (χ0n) is 11.4. The third-order valence-electron chi connectivity index (χ3n) is 2.53. The SMILES string of the molecule is CC(NC(=O)NCCO)c1ccc(OCC(F)(F)F)cc1. The summed E-state index contributed by atoms with van der Waals surface area (Å²) < 4.78 is 40.6. The van der Waals surface area contributed by atoms with Crippen LogP contribution in [0.1, 0.15) is 18.5 Å². The van der Waals surface area contributed by atoms with E-state index in [4.69, 9.17) is 5.11 Å². The molecule has 3 N–H and O–H groups in total. The van der Waals surface area contributed by atoms with Gasteiger partial charge in [0.05, 0.1) is 12.6 Å². The van der Waals surface area contributed by atoms with E-state index >= 15 is 0 Å². The molecule has 1 atom stereocenters. The van der Waals surface area contributed by atoms with Crippen LogP contribution in [0, 0.1) is 0 Å². The Morgan fingerprint density at radius 2 is 1.95 bits per heavy atom. The summed E-state index contributed by atoms with van der Waals surface area (Å²) in [6.07, 6.45) is -4.38. The van der Waals surface area contributed by atoms with Crippen LogP contribution in [0.2, 0.25) is 0 Å². The summed E-state index contributed by atoms with van der Waals surface area (Å²) in [5, 5.41) is 13.6. The summed E-state index contributed by atoms with van der Waals surface area (Å²) in [5.41, 5.74) is 0.716. The summed E-state index contributed by atoms with van der Waals surface area (Å²) >= 11 is 0. The Bertz CT molecular complexity index is 449. The lowest BCUT2D eigenvalue weighted by Gasteiger charge is -2.15. The summed E-state index contributed by atoms with van der Waals surface area (Å²) in [6, 6.07) is 5.19. The number of urea groups is 1. The van der Waals surface area contributed by atoms with Gasteiger partial charge in [-0.05, 0) is 24.6 Å². The van der Waals surface area contributed by atoms with Gasteiger partial charge >= 0.3 is 12.2 Å². The standard InChI is InChI=1S/C13H17F3N2O3/c1-9(18-12(20)17-6-7-19)10-2-4-11(5-3-10)21-8-13(14,15)16/h2-5,9,19H,6-8H2,1H3,(H2,17,18,20). The number of carbonyl (C=O) groups is 1. The van der Waals surface area contributed by atoms with Crippen molar-refractivity contribution in [2.24, 2.45) is 0 Å². The molecule has 0 bridgehead atoms. The molecule has 5 nitrogen and oxygen atoms in total. The molecule has 118 valence electrons. The van der Waals surface area contributed by atoms with Crippen LogP contribution in [-0.2, 0) is 0 Å². The smallest absolute Gasteiger partial charge is 0.422 e. The predicted molar refractivity (Wildman–Crippen MR) is 70.0 cm³/mol. The number of ether oxygens (including phenoxy) is 1. The average molecular weight is 306 g/mol. The molecule has 1 rings (SSSR count). The number of alkyl halides is 3. The highest BCUT2D eigenvalue weighted by molar-refractivity contribution is 5.74. The molecule has 0 aromatic heterocycles. The molecule has 21 heavy (non-hydrogen) atoms. The van der Waals surface area contributed by atoms with Crippen molar-refractivity contribution in [3.05, 3.63) is 29.8 Å². The Morgan fingerprint density at radius 1 is 1.33 bits per heavy atom. The summed E-state index contributed by atoms with van der Waals surface area (Å²) in [7, 11) is 0. The molecule has 1 aromatic carbocycles. The maximum absolute atomic E-state index is 12.0. The molecule has 2 amide bonds. The van der Waals surface area contributed by atoms with Crippen molar-refractivity contribution in [1.29, 1.82) is 0 Å². The molecule has 0 aliphatic rings. The first kappa shape index (κ1) is 17.1. The van der Waals surface area contributed by atoms with E-state index in [1.165, 1.54) is 12.1 Å². The van der Waals surface area contributed by atoms with Crippen molar-refractivity contribution < 1.29 is 27.8 Å². The monoisotopic (exact) mass is 306 g/mol. The van der Waals surface area contributed by atoms with E-state index in [0.29, 0.717) is 5.56 Å². The number of aliphatic hydroxyl groups excluding tert-OH is 1. The zero-order valence-corrected chi connectivity index (χ0v) is 11.4. The molecule has 0 aliphatic heterocycles. The minimum absolute atomic E-state index is 0.105. The molecule has 0 radical (unpaired) electrons. The van der Waals surface area contributed by atoms with Crippen molar-refractivity contribution in [3.63, 3.8) is 0 Å². The lowest BCUT2D eigenvalue weighted by molar-refractivity contribution is -0.153. The van der Waals surface area contributed by atoms with Crippen LogP contribution in [0.4, 0.5) is 18.0 Å². The quantitative estimate of drug-likeness (QED) is 0.752. The van der Waals surface area contributed by atoms with Gasteiger partial charge in [-0.3, -0.25) is 0 Å². The van der Waals surface area contributed by atoms with E-state index in [0.717, 1.165) is 0 Å². The van der Waals surface area contributed by atoms with Gasteiger partial charge in [0.1, 0.15) is 5.75 Å². The van der Waals surface area contributed by atoms with Crippen LogP contribution < -0.4 is 15.4 Å².